The lowest BCUT2D eigenvalue weighted by Crippen LogP contribution is -2.07. The van der Waals surface area contributed by atoms with Crippen LogP contribution >= 0.6 is 0 Å². The number of nitrogens with zero attached hydrogens (tertiary/aromatic N) is 4. The lowest BCUT2D eigenvalue weighted by molar-refractivity contribution is 0.708. The second kappa shape index (κ2) is 4.23. The first kappa shape index (κ1) is 10.9. The fourth-order valence-electron chi connectivity index (χ4n) is 1.86. The van der Waals surface area contributed by atoms with Crippen molar-refractivity contribution < 1.29 is 0 Å². The Hall–Kier alpha value is -2.21. The number of hydrogen-bond donors (Lipinski definition) is 2. The van der Waals surface area contributed by atoms with E-state index in [0.29, 0.717) is 6.54 Å². The maximum atomic E-state index is 5.50. The lowest BCUT2D eigenvalue weighted by Gasteiger charge is -1.94. The topological polar surface area (TPSA) is 85.4 Å². The predicted octanol–water partition coefficient (Wildman–Crippen LogP) is 1.09. The van der Waals surface area contributed by atoms with Gasteiger partial charge in [-0.3, -0.25) is 0 Å². The molecule has 0 aromatic carbocycles. The zero-order chi connectivity index (χ0) is 12.5. The van der Waals surface area contributed by atoms with E-state index < -0.39 is 0 Å². The SMILES string of the molecule is Cc1ccc2[nH]c(-c3cn(CCN)cn3)nc2n1. The van der Waals surface area contributed by atoms with Crippen LogP contribution in [0.4, 0.5) is 0 Å². The Morgan fingerprint density at radius 1 is 1.33 bits per heavy atom. The molecule has 6 nitrogen and oxygen atoms in total. The molecule has 0 aliphatic carbocycles. The molecule has 0 amide bonds. The number of aryl methyl sites for hydroxylation is 1. The van der Waals surface area contributed by atoms with Gasteiger partial charge in [0.2, 0.25) is 0 Å². The smallest absolute Gasteiger partial charge is 0.178 e. The molecule has 0 unspecified atom stereocenters. The van der Waals surface area contributed by atoms with Gasteiger partial charge < -0.3 is 15.3 Å². The van der Waals surface area contributed by atoms with E-state index in [-0.39, 0.29) is 0 Å². The predicted molar refractivity (Wildman–Crippen MR) is 68.9 cm³/mol. The van der Waals surface area contributed by atoms with E-state index in [2.05, 4.69) is 19.9 Å². The van der Waals surface area contributed by atoms with Gasteiger partial charge in [0.1, 0.15) is 5.69 Å². The first-order valence-corrected chi connectivity index (χ1v) is 5.82. The Morgan fingerprint density at radius 2 is 2.22 bits per heavy atom. The molecule has 3 N–H and O–H groups in total. The third-order valence-electron chi connectivity index (χ3n) is 2.75. The third kappa shape index (κ3) is 1.86. The average molecular weight is 242 g/mol. The molecule has 0 aliphatic rings. The molecule has 0 spiro atoms. The van der Waals surface area contributed by atoms with E-state index >= 15 is 0 Å². The number of nitrogens with one attached hydrogen (secondary N) is 1. The maximum Gasteiger partial charge on any atom is 0.178 e. The number of imidazole rings is 2. The van der Waals surface area contributed by atoms with Crippen LogP contribution in [0.5, 0.6) is 0 Å². The molecular weight excluding hydrogens is 228 g/mol. The number of aromatic nitrogens is 5. The zero-order valence-electron chi connectivity index (χ0n) is 10.1. The van der Waals surface area contributed by atoms with Gasteiger partial charge in [0.15, 0.2) is 11.5 Å². The Balaban J connectivity index is 2.02. The molecule has 3 heterocycles. The summed E-state index contributed by atoms with van der Waals surface area (Å²) in [6.07, 6.45) is 3.69. The lowest BCUT2D eigenvalue weighted by atomic mass is 10.3. The summed E-state index contributed by atoms with van der Waals surface area (Å²) >= 11 is 0. The zero-order valence-corrected chi connectivity index (χ0v) is 10.1. The summed E-state index contributed by atoms with van der Waals surface area (Å²) in [7, 11) is 0. The summed E-state index contributed by atoms with van der Waals surface area (Å²) in [4.78, 5) is 16.3. The summed E-state index contributed by atoms with van der Waals surface area (Å²) in [5.41, 5.74) is 8.90. The fourth-order valence-corrected chi connectivity index (χ4v) is 1.86. The summed E-state index contributed by atoms with van der Waals surface area (Å²) in [6.45, 7) is 3.30. The molecule has 6 heteroatoms. The van der Waals surface area contributed by atoms with Gasteiger partial charge in [0.05, 0.1) is 11.8 Å². The second-order valence-electron chi connectivity index (χ2n) is 4.19. The molecule has 0 saturated carbocycles. The number of pyridine rings is 1. The number of fused-ring (bicyclic) bond motifs is 1. The minimum Gasteiger partial charge on any atom is -0.335 e. The van der Waals surface area contributed by atoms with Crippen molar-refractivity contribution >= 4 is 11.2 Å². The number of aromatic amines is 1. The molecule has 3 aromatic rings. The fraction of sp³-hybridized carbons (Fsp3) is 0.250. The van der Waals surface area contributed by atoms with Gasteiger partial charge in [-0.05, 0) is 19.1 Å². The van der Waals surface area contributed by atoms with Crippen LogP contribution in [0, 0.1) is 6.92 Å². The molecule has 3 aromatic heterocycles. The second-order valence-corrected chi connectivity index (χ2v) is 4.19. The molecule has 0 bridgehead atoms. The molecule has 3 rings (SSSR count). The van der Waals surface area contributed by atoms with Gasteiger partial charge in [0.25, 0.3) is 0 Å². The van der Waals surface area contributed by atoms with Crippen LogP contribution in [0.2, 0.25) is 0 Å². The van der Waals surface area contributed by atoms with Crippen molar-refractivity contribution in [2.75, 3.05) is 6.54 Å². The van der Waals surface area contributed by atoms with E-state index in [1.165, 1.54) is 0 Å². The van der Waals surface area contributed by atoms with Crippen molar-refractivity contribution in [3.05, 3.63) is 30.4 Å². The quantitative estimate of drug-likeness (QED) is 0.720. The minimum absolute atomic E-state index is 0.594. The summed E-state index contributed by atoms with van der Waals surface area (Å²) in [5, 5.41) is 0. The van der Waals surface area contributed by atoms with Crippen LogP contribution in [0.1, 0.15) is 5.69 Å². The minimum atomic E-state index is 0.594. The van der Waals surface area contributed by atoms with Crippen LogP contribution in [0.15, 0.2) is 24.7 Å². The van der Waals surface area contributed by atoms with Crippen molar-refractivity contribution in [1.29, 1.82) is 0 Å². The largest absolute Gasteiger partial charge is 0.335 e. The molecular formula is C12H14N6. The van der Waals surface area contributed by atoms with Gasteiger partial charge in [-0.2, -0.15) is 0 Å². The Bertz CT molecular complexity index is 681. The van der Waals surface area contributed by atoms with E-state index in [9.17, 15) is 0 Å². The Kier molecular flexibility index (Phi) is 2.56. The molecule has 0 aliphatic heterocycles. The highest BCUT2D eigenvalue weighted by Crippen LogP contribution is 2.17. The number of H-pyrrole nitrogens is 1. The van der Waals surface area contributed by atoms with Gasteiger partial charge in [0, 0.05) is 25.0 Å². The standard InChI is InChI=1S/C12H14N6/c1-8-2-3-9-11(15-8)17-12(16-9)10-6-18(5-4-13)7-14-10/h2-3,6-7H,4-5,13H2,1H3,(H,15,16,17). The molecule has 0 atom stereocenters. The van der Waals surface area contributed by atoms with Crippen LogP contribution in [0.25, 0.3) is 22.7 Å². The molecule has 0 saturated heterocycles. The van der Waals surface area contributed by atoms with Crippen LogP contribution in [-0.2, 0) is 6.54 Å². The van der Waals surface area contributed by atoms with E-state index in [4.69, 9.17) is 5.73 Å². The Morgan fingerprint density at radius 3 is 3.06 bits per heavy atom. The van der Waals surface area contributed by atoms with Gasteiger partial charge in [-0.1, -0.05) is 0 Å². The average Bonchev–Trinajstić information content (AvgIpc) is 2.94. The summed E-state index contributed by atoms with van der Waals surface area (Å²) in [5.74, 6) is 0.735. The highest BCUT2D eigenvalue weighted by Gasteiger charge is 2.08. The maximum absolute atomic E-state index is 5.50. The number of nitrogens with two attached hydrogens (primary N) is 1. The van der Waals surface area contributed by atoms with Crippen LogP contribution in [0.3, 0.4) is 0 Å². The van der Waals surface area contributed by atoms with Crippen LogP contribution in [-0.4, -0.2) is 31.0 Å². The van der Waals surface area contributed by atoms with E-state index in [1.54, 1.807) is 6.33 Å². The molecule has 92 valence electrons. The normalized spacial score (nSPS) is 11.2. The first-order valence-electron chi connectivity index (χ1n) is 5.82. The number of hydrogen-bond acceptors (Lipinski definition) is 4. The molecule has 0 radical (unpaired) electrons. The number of rotatable bonds is 3. The van der Waals surface area contributed by atoms with Crippen molar-refractivity contribution in [2.45, 2.75) is 13.5 Å². The van der Waals surface area contributed by atoms with Crippen molar-refractivity contribution in [1.82, 2.24) is 24.5 Å². The van der Waals surface area contributed by atoms with Gasteiger partial charge in [-0.25, -0.2) is 15.0 Å². The van der Waals surface area contributed by atoms with Gasteiger partial charge in [-0.15, -0.1) is 0 Å². The monoisotopic (exact) mass is 242 g/mol. The van der Waals surface area contributed by atoms with Crippen molar-refractivity contribution in [3.63, 3.8) is 0 Å². The molecule has 18 heavy (non-hydrogen) atoms. The third-order valence-corrected chi connectivity index (χ3v) is 2.75. The first-order chi connectivity index (χ1) is 8.76. The highest BCUT2D eigenvalue weighted by molar-refractivity contribution is 5.74. The highest BCUT2D eigenvalue weighted by atomic mass is 15.1. The van der Waals surface area contributed by atoms with Crippen LogP contribution < -0.4 is 5.73 Å². The van der Waals surface area contributed by atoms with Crippen molar-refractivity contribution in [2.24, 2.45) is 5.73 Å². The summed E-state index contributed by atoms with van der Waals surface area (Å²) in [6, 6.07) is 3.93. The summed E-state index contributed by atoms with van der Waals surface area (Å²) < 4.78 is 1.95. The Labute approximate surface area is 104 Å². The van der Waals surface area contributed by atoms with Crippen molar-refractivity contribution in [3.8, 4) is 11.5 Å². The van der Waals surface area contributed by atoms with E-state index in [1.807, 2.05) is 29.8 Å². The molecule has 0 fully saturated rings. The van der Waals surface area contributed by atoms with Gasteiger partial charge >= 0.3 is 0 Å². The van der Waals surface area contributed by atoms with E-state index in [0.717, 1.165) is 34.9 Å².